The largest absolute Gasteiger partial charge is 0.449 e. The van der Waals surface area contributed by atoms with Gasteiger partial charge in [-0.25, -0.2) is 4.79 Å². The van der Waals surface area contributed by atoms with Crippen molar-refractivity contribution in [2.75, 3.05) is 5.32 Å². The Morgan fingerprint density at radius 1 is 1.16 bits per heavy atom. The summed E-state index contributed by atoms with van der Waals surface area (Å²) in [5.74, 6) is -1.09. The molecule has 0 spiro atoms. The summed E-state index contributed by atoms with van der Waals surface area (Å²) in [7, 11) is 0. The molecule has 0 bridgehead atoms. The third-order valence-corrected chi connectivity index (χ3v) is 3.85. The van der Waals surface area contributed by atoms with E-state index in [9.17, 15) is 9.59 Å². The number of benzene rings is 2. The van der Waals surface area contributed by atoms with Gasteiger partial charge in [0.1, 0.15) is 0 Å². The van der Waals surface area contributed by atoms with Crippen LogP contribution < -0.4 is 5.32 Å². The van der Waals surface area contributed by atoms with Crippen LogP contribution >= 0.6 is 23.2 Å². The molecule has 0 saturated heterocycles. The summed E-state index contributed by atoms with van der Waals surface area (Å²) in [5.41, 5.74) is 2.36. The number of carbonyl (C=O) groups is 2. The first kappa shape index (κ1) is 19.0. The molecule has 1 atom stereocenters. The molecule has 4 nitrogen and oxygen atoms in total. The maximum absolute atomic E-state index is 12.1. The van der Waals surface area contributed by atoms with Crippen molar-refractivity contribution < 1.29 is 14.3 Å². The van der Waals surface area contributed by atoms with Crippen molar-refractivity contribution in [3.05, 3.63) is 69.7 Å². The Bertz CT molecular complexity index is 818. The van der Waals surface area contributed by atoms with Crippen molar-refractivity contribution in [2.24, 2.45) is 0 Å². The average Bonchev–Trinajstić information content (AvgIpc) is 2.55. The number of hydrogen-bond donors (Lipinski definition) is 1. The zero-order chi connectivity index (χ0) is 18.4. The predicted octanol–water partition coefficient (Wildman–Crippen LogP) is 4.89. The minimum absolute atomic E-state index is 0.304. The number of aryl methyl sites for hydroxylation is 1. The number of esters is 1. The van der Waals surface area contributed by atoms with E-state index in [1.54, 1.807) is 18.2 Å². The average molecular weight is 378 g/mol. The molecule has 1 amide bonds. The van der Waals surface area contributed by atoms with E-state index < -0.39 is 18.0 Å². The lowest BCUT2D eigenvalue weighted by molar-refractivity contribution is -0.148. The van der Waals surface area contributed by atoms with Crippen LogP contribution in [0, 0.1) is 6.92 Å². The number of ether oxygens (including phenoxy) is 1. The van der Waals surface area contributed by atoms with E-state index in [1.165, 1.54) is 19.1 Å². The van der Waals surface area contributed by atoms with Crippen molar-refractivity contribution in [1.82, 2.24) is 0 Å². The number of halogens is 2. The zero-order valence-electron chi connectivity index (χ0n) is 13.8. The van der Waals surface area contributed by atoms with Gasteiger partial charge in [-0.2, -0.15) is 0 Å². The van der Waals surface area contributed by atoms with Gasteiger partial charge in [0.25, 0.3) is 5.91 Å². The van der Waals surface area contributed by atoms with Gasteiger partial charge in [0.2, 0.25) is 0 Å². The third-order valence-electron chi connectivity index (χ3n) is 3.31. The van der Waals surface area contributed by atoms with Gasteiger partial charge in [0, 0.05) is 11.1 Å². The van der Waals surface area contributed by atoms with Crippen LogP contribution in [0.3, 0.4) is 0 Å². The highest BCUT2D eigenvalue weighted by Crippen LogP contribution is 2.25. The minimum atomic E-state index is -0.971. The smallest absolute Gasteiger partial charge is 0.331 e. The fraction of sp³-hybridized carbons (Fsp3) is 0.158. The van der Waals surface area contributed by atoms with Crippen molar-refractivity contribution in [2.45, 2.75) is 20.0 Å². The van der Waals surface area contributed by atoms with E-state index in [0.29, 0.717) is 15.7 Å². The second-order valence-corrected chi connectivity index (χ2v) is 6.28. The second kappa shape index (κ2) is 8.70. The maximum atomic E-state index is 12.1. The van der Waals surface area contributed by atoms with Crippen LogP contribution in [0.15, 0.2) is 48.5 Å². The van der Waals surface area contributed by atoms with Gasteiger partial charge >= 0.3 is 5.97 Å². The molecule has 0 heterocycles. The summed E-state index contributed by atoms with van der Waals surface area (Å²) in [4.78, 5) is 23.9. The summed E-state index contributed by atoms with van der Waals surface area (Å²) < 4.78 is 5.09. The monoisotopic (exact) mass is 377 g/mol. The number of amides is 1. The molecule has 25 heavy (non-hydrogen) atoms. The van der Waals surface area contributed by atoms with E-state index in [2.05, 4.69) is 5.32 Å². The van der Waals surface area contributed by atoms with Crippen molar-refractivity contribution in [1.29, 1.82) is 0 Å². The van der Waals surface area contributed by atoms with Gasteiger partial charge in [-0.3, -0.25) is 4.79 Å². The fourth-order valence-corrected chi connectivity index (χ4v) is 2.49. The Labute approximate surface area is 156 Å². The van der Waals surface area contributed by atoms with Gasteiger partial charge in [0.15, 0.2) is 6.10 Å². The molecule has 0 radical (unpaired) electrons. The summed E-state index contributed by atoms with van der Waals surface area (Å²) in [6.45, 7) is 3.45. The molecule has 0 unspecified atom stereocenters. The summed E-state index contributed by atoms with van der Waals surface area (Å²) in [6, 6.07) is 12.4. The number of rotatable bonds is 5. The van der Waals surface area contributed by atoms with Crippen LogP contribution in [0.4, 0.5) is 5.69 Å². The Morgan fingerprint density at radius 3 is 2.60 bits per heavy atom. The molecule has 0 fully saturated rings. The predicted molar refractivity (Wildman–Crippen MR) is 101 cm³/mol. The molecule has 0 aliphatic carbocycles. The Hall–Kier alpha value is -2.30. The summed E-state index contributed by atoms with van der Waals surface area (Å²) in [6.07, 6.45) is 1.95. The fourth-order valence-electron chi connectivity index (χ4n) is 2.03. The molecular formula is C19H17Cl2NO3. The van der Waals surface area contributed by atoms with E-state index in [4.69, 9.17) is 27.9 Å². The summed E-state index contributed by atoms with van der Waals surface area (Å²) >= 11 is 11.8. The number of anilines is 1. The van der Waals surface area contributed by atoms with Crippen molar-refractivity contribution in [3.8, 4) is 0 Å². The molecular weight excluding hydrogens is 361 g/mol. The first-order valence-electron chi connectivity index (χ1n) is 7.56. The summed E-state index contributed by atoms with van der Waals surface area (Å²) in [5, 5.41) is 3.36. The molecule has 0 aliphatic heterocycles. The van der Waals surface area contributed by atoms with E-state index >= 15 is 0 Å². The lowest BCUT2D eigenvalue weighted by Gasteiger charge is -2.13. The third kappa shape index (κ3) is 5.93. The Morgan fingerprint density at radius 2 is 1.92 bits per heavy atom. The number of carbonyl (C=O) groups excluding carboxylic acids is 2. The van der Waals surface area contributed by atoms with Gasteiger partial charge in [-0.1, -0.05) is 53.0 Å². The molecule has 130 valence electrons. The quantitative estimate of drug-likeness (QED) is 0.596. The first-order valence-corrected chi connectivity index (χ1v) is 8.32. The van der Waals surface area contributed by atoms with E-state index in [-0.39, 0.29) is 0 Å². The lowest BCUT2D eigenvalue weighted by Crippen LogP contribution is -2.29. The van der Waals surface area contributed by atoms with Crippen LogP contribution in [-0.2, 0) is 14.3 Å². The molecule has 2 aromatic rings. The van der Waals surface area contributed by atoms with Gasteiger partial charge in [-0.05, 0) is 43.7 Å². The maximum Gasteiger partial charge on any atom is 0.331 e. The molecule has 0 aliphatic rings. The van der Waals surface area contributed by atoms with Gasteiger partial charge in [-0.15, -0.1) is 0 Å². The minimum Gasteiger partial charge on any atom is -0.449 e. The van der Waals surface area contributed by atoms with Crippen LogP contribution in [0.1, 0.15) is 18.1 Å². The highest BCUT2D eigenvalue weighted by Gasteiger charge is 2.17. The van der Waals surface area contributed by atoms with Crippen LogP contribution in [-0.4, -0.2) is 18.0 Å². The van der Waals surface area contributed by atoms with Crippen LogP contribution in [0.5, 0.6) is 0 Å². The molecule has 2 aromatic carbocycles. The van der Waals surface area contributed by atoms with Crippen LogP contribution in [0.2, 0.25) is 10.0 Å². The zero-order valence-corrected chi connectivity index (χ0v) is 15.3. The van der Waals surface area contributed by atoms with E-state index in [1.807, 2.05) is 31.2 Å². The van der Waals surface area contributed by atoms with Crippen molar-refractivity contribution >= 4 is 46.8 Å². The van der Waals surface area contributed by atoms with E-state index in [0.717, 1.165) is 11.1 Å². The highest BCUT2D eigenvalue weighted by molar-refractivity contribution is 6.36. The molecule has 0 saturated carbocycles. The first-order chi connectivity index (χ1) is 11.8. The Balaban J connectivity index is 1.92. The topological polar surface area (TPSA) is 55.4 Å². The number of nitrogens with one attached hydrogen (secondary N) is 1. The normalized spacial score (nSPS) is 12.0. The molecule has 6 heteroatoms. The van der Waals surface area contributed by atoms with Gasteiger partial charge in [0.05, 0.1) is 10.7 Å². The molecule has 0 aromatic heterocycles. The number of hydrogen-bond acceptors (Lipinski definition) is 3. The van der Waals surface area contributed by atoms with Crippen LogP contribution in [0.25, 0.3) is 6.08 Å². The van der Waals surface area contributed by atoms with Crippen molar-refractivity contribution in [3.63, 3.8) is 0 Å². The Kier molecular flexibility index (Phi) is 6.62. The lowest BCUT2D eigenvalue weighted by atomic mass is 10.1. The van der Waals surface area contributed by atoms with Gasteiger partial charge < -0.3 is 10.1 Å². The standard InChI is InChI=1S/C19H17Cl2NO3/c1-12-4-3-5-14(10-12)6-9-18(23)25-13(2)19(24)22-17-8-7-15(20)11-16(17)21/h3-11,13H,1-2H3,(H,22,24)/b9-6+/t13-/m0/s1. The molecule has 1 N–H and O–H groups in total. The SMILES string of the molecule is Cc1cccc(/C=C/C(=O)O[C@@H](C)C(=O)Nc2ccc(Cl)cc2Cl)c1. The second-order valence-electron chi connectivity index (χ2n) is 5.44. The highest BCUT2D eigenvalue weighted by atomic mass is 35.5. The molecule has 2 rings (SSSR count).